The molecule has 1 aromatic heterocycles. The number of ether oxygens (including phenoxy) is 3. The summed E-state index contributed by atoms with van der Waals surface area (Å²) >= 11 is 1.61. The van der Waals surface area contributed by atoms with Crippen LogP contribution in [-0.4, -0.2) is 38.7 Å². The van der Waals surface area contributed by atoms with Gasteiger partial charge in [-0.3, -0.25) is 4.79 Å². The van der Waals surface area contributed by atoms with Crippen LogP contribution in [-0.2, 0) is 6.54 Å². The molecule has 128 valence electrons. The van der Waals surface area contributed by atoms with Gasteiger partial charge in [-0.05, 0) is 11.4 Å². The average Bonchev–Trinajstić information content (AvgIpc) is 3.12. The third kappa shape index (κ3) is 3.89. The van der Waals surface area contributed by atoms with Gasteiger partial charge in [0.1, 0.15) is 5.75 Å². The van der Waals surface area contributed by atoms with E-state index in [1.165, 1.54) is 14.2 Å². The Morgan fingerprint density at radius 1 is 1.17 bits per heavy atom. The highest BCUT2D eigenvalue weighted by Gasteiger charge is 2.22. The maximum atomic E-state index is 13.0. The monoisotopic (exact) mass is 347 g/mol. The molecule has 0 aliphatic heterocycles. The van der Waals surface area contributed by atoms with Crippen LogP contribution in [0.15, 0.2) is 42.3 Å². The van der Waals surface area contributed by atoms with Crippen molar-refractivity contribution in [3.05, 3.63) is 52.7 Å². The molecule has 1 amide bonds. The van der Waals surface area contributed by atoms with Crippen molar-refractivity contribution < 1.29 is 19.0 Å². The maximum absolute atomic E-state index is 13.0. The van der Waals surface area contributed by atoms with Gasteiger partial charge in [0.2, 0.25) is 0 Å². The number of nitrogens with zero attached hydrogens (tertiary/aromatic N) is 1. The molecule has 0 saturated carbocycles. The van der Waals surface area contributed by atoms with Crippen LogP contribution in [0.25, 0.3) is 0 Å². The van der Waals surface area contributed by atoms with E-state index in [-0.39, 0.29) is 5.91 Å². The Hall–Kier alpha value is -2.47. The summed E-state index contributed by atoms with van der Waals surface area (Å²) in [4.78, 5) is 15.8. The molecule has 0 aliphatic carbocycles. The molecule has 24 heavy (non-hydrogen) atoms. The van der Waals surface area contributed by atoms with E-state index in [1.54, 1.807) is 41.6 Å². The summed E-state index contributed by atoms with van der Waals surface area (Å²) in [5, 5.41) is 1.99. The molecule has 0 aliphatic rings. The van der Waals surface area contributed by atoms with Gasteiger partial charge in [0.25, 0.3) is 5.91 Å². The smallest absolute Gasteiger partial charge is 0.258 e. The summed E-state index contributed by atoms with van der Waals surface area (Å²) < 4.78 is 15.9. The average molecular weight is 347 g/mol. The number of methoxy groups -OCH3 is 3. The fourth-order valence-electron chi connectivity index (χ4n) is 2.33. The van der Waals surface area contributed by atoms with Gasteiger partial charge in [-0.25, -0.2) is 0 Å². The van der Waals surface area contributed by atoms with Crippen LogP contribution in [0.1, 0.15) is 15.2 Å². The lowest BCUT2D eigenvalue weighted by Gasteiger charge is -2.22. The molecule has 1 heterocycles. The van der Waals surface area contributed by atoms with E-state index >= 15 is 0 Å². The third-order valence-electron chi connectivity index (χ3n) is 3.50. The number of carbonyl (C=O) groups is 1. The van der Waals surface area contributed by atoms with E-state index < -0.39 is 0 Å². The molecular formula is C18H21NO4S. The molecule has 0 radical (unpaired) electrons. The Bertz CT molecular complexity index is 697. The second kappa shape index (κ2) is 8.40. The first kappa shape index (κ1) is 17.9. The van der Waals surface area contributed by atoms with E-state index in [0.717, 1.165) is 4.88 Å². The summed E-state index contributed by atoms with van der Waals surface area (Å²) in [6.07, 6.45) is 1.71. The minimum Gasteiger partial charge on any atom is -0.496 e. The highest BCUT2D eigenvalue weighted by Crippen LogP contribution is 2.35. The number of hydrogen-bond acceptors (Lipinski definition) is 5. The van der Waals surface area contributed by atoms with Crippen molar-refractivity contribution in [3.63, 3.8) is 0 Å². The van der Waals surface area contributed by atoms with Gasteiger partial charge in [0.05, 0.1) is 33.4 Å². The number of hydrogen-bond donors (Lipinski definition) is 0. The highest BCUT2D eigenvalue weighted by molar-refractivity contribution is 7.09. The zero-order chi connectivity index (χ0) is 17.5. The second-order valence-corrected chi connectivity index (χ2v) is 5.99. The number of amides is 1. The molecule has 2 rings (SSSR count). The minimum absolute atomic E-state index is 0.152. The van der Waals surface area contributed by atoms with Crippen molar-refractivity contribution >= 4 is 17.2 Å². The van der Waals surface area contributed by atoms with Gasteiger partial charge in [-0.1, -0.05) is 12.1 Å². The highest BCUT2D eigenvalue weighted by atomic mass is 32.1. The van der Waals surface area contributed by atoms with E-state index in [2.05, 4.69) is 6.58 Å². The van der Waals surface area contributed by atoms with Crippen LogP contribution >= 0.6 is 11.3 Å². The summed E-state index contributed by atoms with van der Waals surface area (Å²) in [6.45, 7) is 4.70. The van der Waals surface area contributed by atoms with Crippen molar-refractivity contribution in [2.75, 3.05) is 27.9 Å². The minimum atomic E-state index is -0.152. The van der Waals surface area contributed by atoms with Crippen LogP contribution in [0.5, 0.6) is 17.2 Å². The molecule has 0 saturated heterocycles. The van der Waals surface area contributed by atoms with Crippen molar-refractivity contribution in [1.29, 1.82) is 0 Å². The zero-order valence-corrected chi connectivity index (χ0v) is 14.9. The summed E-state index contributed by atoms with van der Waals surface area (Å²) in [5.41, 5.74) is 0.425. The Morgan fingerprint density at radius 2 is 1.83 bits per heavy atom. The zero-order valence-electron chi connectivity index (χ0n) is 14.1. The number of thiophene rings is 1. The molecule has 5 nitrogen and oxygen atoms in total. The second-order valence-electron chi connectivity index (χ2n) is 4.96. The molecule has 1 aromatic carbocycles. The van der Waals surface area contributed by atoms with Gasteiger partial charge >= 0.3 is 0 Å². The largest absolute Gasteiger partial charge is 0.496 e. The Balaban J connectivity index is 2.38. The van der Waals surface area contributed by atoms with E-state index in [9.17, 15) is 4.79 Å². The van der Waals surface area contributed by atoms with Gasteiger partial charge in [-0.15, -0.1) is 17.9 Å². The van der Waals surface area contributed by atoms with E-state index in [4.69, 9.17) is 14.2 Å². The van der Waals surface area contributed by atoms with Crippen LogP contribution in [0.2, 0.25) is 0 Å². The van der Waals surface area contributed by atoms with Gasteiger partial charge in [0.15, 0.2) is 11.5 Å². The molecule has 6 heteroatoms. The van der Waals surface area contributed by atoms with Crippen LogP contribution in [0.3, 0.4) is 0 Å². The van der Waals surface area contributed by atoms with Crippen LogP contribution < -0.4 is 14.2 Å². The molecule has 0 fully saturated rings. The van der Waals surface area contributed by atoms with Gasteiger partial charge < -0.3 is 19.1 Å². The molecule has 2 aromatic rings. The first-order chi connectivity index (χ1) is 11.6. The van der Waals surface area contributed by atoms with Crippen LogP contribution in [0, 0.1) is 0 Å². The first-order valence-corrected chi connectivity index (χ1v) is 8.25. The lowest BCUT2D eigenvalue weighted by Crippen LogP contribution is -2.30. The van der Waals surface area contributed by atoms with Crippen molar-refractivity contribution in [1.82, 2.24) is 4.90 Å². The molecule has 0 atom stereocenters. The molecule has 0 N–H and O–H groups in total. The summed E-state index contributed by atoms with van der Waals surface area (Å²) in [5.74, 6) is 1.29. The normalized spacial score (nSPS) is 10.1. The predicted octanol–water partition coefficient (Wildman–Crippen LogP) is 3.60. The fraction of sp³-hybridized carbons (Fsp3) is 0.278. The standard InChI is InChI=1S/C18H21NO4S/c1-5-8-19(12-13-7-6-9-24-13)18(20)14-10-16(22-3)17(23-4)11-15(14)21-2/h5-7,9-11H,1,8,12H2,2-4H3. The molecule has 0 unspecified atom stereocenters. The Labute approximate surface area is 146 Å². The van der Waals surface area contributed by atoms with Crippen molar-refractivity contribution in [2.24, 2.45) is 0 Å². The first-order valence-electron chi connectivity index (χ1n) is 7.37. The van der Waals surface area contributed by atoms with Crippen LogP contribution in [0.4, 0.5) is 0 Å². The van der Waals surface area contributed by atoms with Crippen molar-refractivity contribution in [2.45, 2.75) is 6.54 Å². The van der Waals surface area contributed by atoms with E-state index in [0.29, 0.717) is 35.9 Å². The number of carbonyl (C=O) groups excluding carboxylic acids is 1. The lowest BCUT2D eigenvalue weighted by molar-refractivity contribution is 0.0760. The number of benzene rings is 1. The third-order valence-corrected chi connectivity index (χ3v) is 4.36. The van der Waals surface area contributed by atoms with Crippen molar-refractivity contribution in [3.8, 4) is 17.2 Å². The molecule has 0 bridgehead atoms. The fourth-order valence-corrected chi connectivity index (χ4v) is 3.05. The predicted molar refractivity (Wildman–Crippen MR) is 95.4 cm³/mol. The summed E-state index contributed by atoms with van der Waals surface area (Å²) in [6, 6.07) is 7.27. The number of rotatable bonds is 8. The summed E-state index contributed by atoms with van der Waals surface area (Å²) in [7, 11) is 4.60. The maximum Gasteiger partial charge on any atom is 0.258 e. The Kier molecular flexibility index (Phi) is 6.26. The molecular weight excluding hydrogens is 326 g/mol. The Morgan fingerprint density at radius 3 is 2.38 bits per heavy atom. The topological polar surface area (TPSA) is 48.0 Å². The van der Waals surface area contributed by atoms with Gasteiger partial charge in [-0.2, -0.15) is 0 Å². The quantitative estimate of drug-likeness (QED) is 0.685. The van der Waals surface area contributed by atoms with Gasteiger partial charge in [0, 0.05) is 23.6 Å². The molecule has 0 spiro atoms. The lowest BCUT2D eigenvalue weighted by atomic mass is 10.1. The SMILES string of the molecule is C=CCN(Cc1cccs1)C(=O)c1cc(OC)c(OC)cc1OC. The van der Waals surface area contributed by atoms with E-state index in [1.807, 2.05) is 17.5 Å².